The molecule has 0 saturated heterocycles. The van der Waals surface area contributed by atoms with Gasteiger partial charge in [0.15, 0.2) is 0 Å². The van der Waals surface area contributed by atoms with E-state index in [0.717, 1.165) is 44.5 Å². The van der Waals surface area contributed by atoms with Crippen molar-refractivity contribution in [2.75, 3.05) is 13.2 Å². The number of thiophene rings is 8. The van der Waals surface area contributed by atoms with Gasteiger partial charge in [-0.1, -0.05) is 71.9 Å². The highest BCUT2D eigenvalue weighted by Gasteiger charge is 2.42. The monoisotopic (exact) mass is 1100 g/mol. The second-order valence-electron chi connectivity index (χ2n) is 15.6. The van der Waals surface area contributed by atoms with Gasteiger partial charge in [0.25, 0.3) is 0 Å². The summed E-state index contributed by atoms with van der Waals surface area (Å²) in [6, 6.07) is 24.0. The lowest BCUT2D eigenvalue weighted by atomic mass is 9.75. The van der Waals surface area contributed by atoms with Crippen molar-refractivity contribution in [3.8, 4) is 39.0 Å². The van der Waals surface area contributed by atoms with Gasteiger partial charge in [0.1, 0.15) is 0 Å². The van der Waals surface area contributed by atoms with Gasteiger partial charge in [-0.2, -0.15) is 0 Å². The van der Waals surface area contributed by atoms with Crippen LogP contribution in [-0.2, 0) is 15.8 Å². The lowest BCUT2D eigenvalue weighted by molar-refractivity contribution is 0.0293. The highest BCUT2D eigenvalue weighted by molar-refractivity contribution is 7.22. The van der Waals surface area contributed by atoms with Crippen molar-refractivity contribution in [2.24, 2.45) is 0 Å². The maximum absolute atomic E-state index is 10.6. The molecular weight excluding hydrogens is 1030 g/mol. The van der Waals surface area contributed by atoms with Crippen LogP contribution in [0.5, 0.6) is 0 Å². The van der Waals surface area contributed by atoms with Crippen LogP contribution in [0, 0.1) is 0 Å². The van der Waals surface area contributed by atoms with E-state index >= 15 is 0 Å². The Bertz CT molecular complexity index is 2530. The predicted octanol–water partition coefficient (Wildman–Crippen LogP) is 21.9. The van der Waals surface area contributed by atoms with Crippen LogP contribution in [0.3, 0.4) is 0 Å². The summed E-state index contributed by atoms with van der Waals surface area (Å²) in [4.78, 5) is 11.1. The Labute approximate surface area is 449 Å². The van der Waals surface area contributed by atoms with Crippen molar-refractivity contribution in [1.29, 1.82) is 0 Å². The Kier molecular flexibility index (Phi) is 26.1. The third-order valence-electron chi connectivity index (χ3n) is 12.2. The third-order valence-corrected chi connectivity index (χ3v) is 20.1. The Hall–Kier alpha value is -3.15. The Morgan fingerprint density at radius 1 is 0.514 bits per heavy atom. The molecule has 8 heterocycles. The Morgan fingerprint density at radius 2 is 0.871 bits per heavy atom. The van der Waals surface area contributed by atoms with Crippen LogP contribution in [0.1, 0.15) is 136 Å². The van der Waals surface area contributed by atoms with E-state index in [-0.39, 0.29) is 0 Å². The fraction of sp³-hybridized carbons (Fsp3) is 0.357. The Morgan fingerprint density at radius 3 is 1.19 bits per heavy atom. The molecule has 1 N–H and O–H groups in total. The van der Waals surface area contributed by atoms with E-state index in [2.05, 4.69) is 163 Å². The molecule has 70 heavy (non-hydrogen) atoms. The largest absolute Gasteiger partial charge is 0.762 e. The number of halogens is 3. The van der Waals surface area contributed by atoms with E-state index in [9.17, 15) is 18.1 Å². The first-order chi connectivity index (χ1) is 33.9. The molecule has 376 valence electrons. The van der Waals surface area contributed by atoms with Crippen molar-refractivity contribution in [1.82, 2.24) is 0 Å². The minimum absolute atomic E-state index is 0.324. The van der Waals surface area contributed by atoms with Gasteiger partial charge in [0.05, 0.1) is 20.2 Å². The summed E-state index contributed by atoms with van der Waals surface area (Å²) in [5.41, 5.74) is 9.62. The normalized spacial score (nSPS) is 12.4. The van der Waals surface area contributed by atoms with E-state index in [1.807, 2.05) is 95.7 Å². The van der Waals surface area contributed by atoms with Crippen molar-refractivity contribution in [3.63, 3.8) is 0 Å². The molecule has 0 bridgehead atoms. The first-order valence-corrected chi connectivity index (χ1v) is 31.0. The smallest absolute Gasteiger partial charge is 0.385 e. The number of fused-ring (bicyclic) bond motifs is 3. The van der Waals surface area contributed by atoms with Gasteiger partial charge in [0, 0.05) is 48.6 Å². The van der Waals surface area contributed by atoms with Crippen LogP contribution in [-0.4, -0.2) is 25.9 Å². The van der Waals surface area contributed by atoms with Crippen LogP contribution >= 0.6 is 90.7 Å². The zero-order valence-corrected chi connectivity index (χ0v) is 48.6. The maximum Gasteiger partial charge on any atom is 0.762 e. The summed E-state index contributed by atoms with van der Waals surface area (Å²) in [6.07, 6.45) is 10.6. The fourth-order valence-corrected chi connectivity index (χ4v) is 16.1. The molecule has 0 fully saturated rings. The third kappa shape index (κ3) is 15.2. The summed E-state index contributed by atoms with van der Waals surface area (Å²) in [5, 5.41) is 27.9. The summed E-state index contributed by atoms with van der Waals surface area (Å²) in [5.74, 6) is 0. The highest BCUT2D eigenvalue weighted by atomic mass is 32.1. The van der Waals surface area contributed by atoms with Gasteiger partial charge in [-0.25, -0.2) is 0 Å². The van der Waals surface area contributed by atoms with Crippen molar-refractivity contribution >= 4 is 109 Å². The van der Waals surface area contributed by atoms with Crippen molar-refractivity contribution < 1.29 is 22.8 Å². The molecule has 0 radical (unpaired) electrons. The quantitative estimate of drug-likeness (QED) is 0.110. The second-order valence-corrected chi connectivity index (χ2v) is 23.1. The average Bonchev–Trinajstić information content (AvgIpc) is 4.22. The van der Waals surface area contributed by atoms with Gasteiger partial charge in [-0.3, -0.25) is 12.9 Å². The summed E-state index contributed by atoms with van der Waals surface area (Å²) >= 11 is 14.6. The fourth-order valence-electron chi connectivity index (χ4n) is 8.41. The number of rotatable bonds is 14. The van der Waals surface area contributed by atoms with Gasteiger partial charge in [-0.05, 0) is 191 Å². The first-order valence-electron chi connectivity index (χ1n) is 24.0. The summed E-state index contributed by atoms with van der Waals surface area (Å²) in [6.45, 7) is 23.0. The molecule has 14 heteroatoms. The minimum Gasteiger partial charge on any atom is -0.385 e. The number of allylic oxidation sites excluding steroid dienone is 4. The molecule has 0 unspecified atom stereocenters. The molecule has 0 saturated carbocycles. The Balaban J connectivity index is 0.000000192. The molecule has 8 aromatic heterocycles. The lowest BCUT2D eigenvalue weighted by Crippen LogP contribution is -2.23. The zero-order valence-electron chi connectivity index (χ0n) is 42.1. The second kappa shape index (κ2) is 30.8. The molecule has 0 aliphatic heterocycles. The predicted molar refractivity (Wildman–Crippen MR) is 315 cm³/mol. The van der Waals surface area contributed by atoms with Crippen LogP contribution in [0.4, 0.5) is 12.9 Å². The molecule has 0 atom stereocenters. The molecule has 0 aromatic carbocycles. The average molecular weight is 1100 g/mol. The van der Waals surface area contributed by atoms with Crippen molar-refractivity contribution in [2.45, 2.75) is 119 Å². The van der Waals surface area contributed by atoms with Gasteiger partial charge in [0.2, 0.25) is 0 Å². The molecule has 1 aliphatic carbocycles. The SMILES string of the molecule is C/C=C(/CC)c1ccsc1-c1cccs1.C/C=C(\CC)c1ccsc1-c1cccs1.CCC(O)(CC)c1ccsc1-c1cccs1.CCC1(CC)c2ccsc2-c2sccc21.CCOCC.FB(F)F. The van der Waals surface area contributed by atoms with Crippen LogP contribution in [0.25, 0.3) is 50.2 Å². The maximum atomic E-state index is 10.6. The molecular formula is C56H68BF3O2S8. The number of hydrogen-bond acceptors (Lipinski definition) is 10. The van der Waals surface area contributed by atoms with E-state index in [1.54, 1.807) is 33.8 Å². The van der Waals surface area contributed by atoms with Crippen LogP contribution in [0.15, 0.2) is 122 Å². The van der Waals surface area contributed by atoms with Gasteiger partial charge < -0.3 is 9.84 Å². The molecule has 0 amide bonds. The van der Waals surface area contributed by atoms with E-state index in [0.29, 0.717) is 5.41 Å². The van der Waals surface area contributed by atoms with E-state index in [4.69, 9.17) is 4.74 Å². The molecule has 1 aliphatic rings. The van der Waals surface area contributed by atoms with E-state index in [1.165, 1.54) is 74.1 Å². The summed E-state index contributed by atoms with van der Waals surface area (Å²) in [7, 11) is -3.67. The lowest BCUT2D eigenvalue weighted by Gasteiger charge is -2.27. The van der Waals surface area contributed by atoms with Crippen LogP contribution in [0.2, 0.25) is 0 Å². The topological polar surface area (TPSA) is 29.5 Å². The highest BCUT2D eigenvalue weighted by Crippen LogP contribution is 2.56. The first kappa shape index (κ1) is 59.4. The number of ether oxygens (including phenoxy) is 1. The minimum atomic E-state index is -3.67. The molecule has 0 spiro atoms. The standard InChI is InChI=1S/C13H16OS2.3C13H14S2.C4H10O.BF3/c1-3-13(14,4-2)10-7-9-16-12(10)11-6-5-8-15-11;1-3-13(4-2)9-5-7-14-11(9)12-10(13)6-8-15-12;2*1-3-10(4-2)11-7-9-15-13(11)12-6-5-8-14-12;1-3-5-4-2;2-1(3)4/h5-9,14H,3-4H2,1-2H3;5-8H,3-4H2,1-2H3;2*3,5-9H,4H2,1-2H3;3-4H2,1-2H3;/b;;10-3+;10-3-;;. The van der Waals surface area contributed by atoms with Crippen molar-refractivity contribution in [3.05, 3.63) is 150 Å². The zero-order chi connectivity index (χ0) is 51.1. The number of aliphatic hydroxyl groups is 1. The van der Waals surface area contributed by atoms with Gasteiger partial charge >= 0.3 is 7.54 Å². The molecule has 9 rings (SSSR count). The van der Waals surface area contributed by atoms with Gasteiger partial charge in [-0.15, -0.1) is 90.7 Å². The van der Waals surface area contributed by atoms with E-state index < -0.39 is 13.1 Å². The molecule has 2 nitrogen and oxygen atoms in total. The van der Waals surface area contributed by atoms with Crippen LogP contribution < -0.4 is 0 Å². The number of hydrogen-bond donors (Lipinski definition) is 1. The summed E-state index contributed by atoms with van der Waals surface area (Å²) < 4.78 is 33.8. The molecule has 8 aromatic rings.